The summed E-state index contributed by atoms with van der Waals surface area (Å²) in [5.41, 5.74) is 0. The lowest BCUT2D eigenvalue weighted by Gasteiger charge is -2.02. The van der Waals surface area contributed by atoms with Gasteiger partial charge in [0.05, 0.1) is 12.0 Å². The largest absolute Gasteiger partial charge is 0.497 e. The Morgan fingerprint density at radius 3 is 2.41 bits per heavy atom. The van der Waals surface area contributed by atoms with Crippen LogP contribution in [0.4, 0.5) is 0 Å². The van der Waals surface area contributed by atoms with Crippen molar-refractivity contribution in [1.82, 2.24) is 9.36 Å². The number of benzene rings is 1. The van der Waals surface area contributed by atoms with Gasteiger partial charge in [-0.2, -0.15) is 9.36 Å². The van der Waals surface area contributed by atoms with E-state index in [0.717, 1.165) is 11.5 Å². The maximum Gasteiger partial charge on any atom is 0.235 e. The highest BCUT2D eigenvalue weighted by Gasteiger charge is 2.22. The second kappa shape index (κ2) is 4.71. The number of aromatic nitrogens is 2. The van der Waals surface area contributed by atoms with Gasteiger partial charge in [0, 0.05) is 0 Å². The molecule has 0 fully saturated rings. The molecule has 0 aliphatic rings. The van der Waals surface area contributed by atoms with Crippen molar-refractivity contribution < 1.29 is 13.2 Å². The van der Waals surface area contributed by atoms with Crippen molar-refractivity contribution in [2.75, 3.05) is 7.11 Å². The number of halogens is 1. The molecule has 0 aliphatic carbocycles. The molecule has 0 N–H and O–H groups in total. The van der Waals surface area contributed by atoms with Crippen LogP contribution < -0.4 is 4.74 Å². The Kier molecular flexibility index (Phi) is 3.45. The maximum absolute atomic E-state index is 12.1. The average Bonchev–Trinajstić information content (AvgIpc) is 2.77. The molecule has 8 heteroatoms. The number of ether oxygens (including phenoxy) is 1. The van der Waals surface area contributed by atoms with Crippen molar-refractivity contribution in [1.29, 1.82) is 0 Å². The summed E-state index contributed by atoms with van der Waals surface area (Å²) < 4.78 is 33.2. The molecule has 0 saturated heterocycles. The van der Waals surface area contributed by atoms with Gasteiger partial charge in [0.2, 0.25) is 18.9 Å². The van der Waals surface area contributed by atoms with E-state index in [1.54, 1.807) is 12.1 Å². The van der Waals surface area contributed by atoms with E-state index >= 15 is 0 Å². The fourth-order valence-electron chi connectivity index (χ4n) is 1.16. The van der Waals surface area contributed by atoms with Crippen LogP contribution >= 0.6 is 27.5 Å². The summed E-state index contributed by atoms with van der Waals surface area (Å²) in [6.07, 6.45) is 0. The highest BCUT2D eigenvalue weighted by Crippen LogP contribution is 2.25. The standard InChI is InChI=1S/C9H7BrN2O3S2/c1-15-6-2-4-7(5-3-6)17(13,14)9-11-8(10)12-16-9/h2-5H,1H3. The van der Waals surface area contributed by atoms with Gasteiger partial charge in [-0.3, -0.25) is 0 Å². The number of methoxy groups -OCH3 is 1. The lowest BCUT2D eigenvalue weighted by atomic mass is 10.3. The fraction of sp³-hybridized carbons (Fsp3) is 0.111. The van der Waals surface area contributed by atoms with Crippen molar-refractivity contribution in [3.63, 3.8) is 0 Å². The minimum Gasteiger partial charge on any atom is -0.497 e. The Bertz CT molecular complexity index is 622. The summed E-state index contributed by atoms with van der Waals surface area (Å²) in [6.45, 7) is 0. The van der Waals surface area contributed by atoms with E-state index in [2.05, 4.69) is 25.3 Å². The minimum absolute atomic E-state index is 0.0328. The second-order valence-electron chi connectivity index (χ2n) is 3.01. The van der Waals surface area contributed by atoms with Crippen LogP contribution in [0.2, 0.25) is 0 Å². The van der Waals surface area contributed by atoms with Gasteiger partial charge in [-0.1, -0.05) is 0 Å². The Morgan fingerprint density at radius 1 is 1.29 bits per heavy atom. The van der Waals surface area contributed by atoms with Gasteiger partial charge >= 0.3 is 0 Å². The van der Waals surface area contributed by atoms with Crippen molar-refractivity contribution >= 4 is 37.3 Å². The Hall–Kier alpha value is -0.990. The Morgan fingerprint density at radius 2 is 1.94 bits per heavy atom. The van der Waals surface area contributed by atoms with Gasteiger partial charge in [0.1, 0.15) is 5.75 Å². The zero-order valence-corrected chi connectivity index (χ0v) is 11.8. The number of rotatable bonds is 3. The summed E-state index contributed by atoms with van der Waals surface area (Å²) in [5, 5.41) is 0. The smallest absolute Gasteiger partial charge is 0.235 e. The Balaban J connectivity index is 2.44. The third kappa shape index (κ3) is 2.48. The molecule has 17 heavy (non-hydrogen) atoms. The molecule has 5 nitrogen and oxygen atoms in total. The zero-order chi connectivity index (χ0) is 12.5. The number of hydrogen-bond donors (Lipinski definition) is 0. The second-order valence-corrected chi connectivity index (χ2v) is 6.59. The van der Waals surface area contributed by atoms with Crippen molar-refractivity contribution in [2.45, 2.75) is 9.24 Å². The van der Waals surface area contributed by atoms with Gasteiger partial charge < -0.3 is 4.74 Å². The number of nitrogens with zero attached hydrogens (tertiary/aromatic N) is 2. The van der Waals surface area contributed by atoms with Crippen LogP contribution in [-0.4, -0.2) is 24.9 Å². The summed E-state index contributed by atoms with van der Waals surface area (Å²) in [6, 6.07) is 6.12. The van der Waals surface area contributed by atoms with Gasteiger partial charge in [-0.25, -0.2) is 8.42 Å². The predicted molar refractivity (Wildman–Crippen MR) is 66.1 cm³/mol. The summed E-state index contributed by atoms with van der Waals surface area (Å²) in [5.74, 6) is 0.599. The van der Waals surface area contributed by atoms with E-state index in [9.17, 15) is 8.42 Å². The van der Waals surface area contributed by atoms with Crippen molar-refractivity contribution in [2.24, 2.45) is 0 Å². The molecule has 0 bridgehead atoms. The van der Waals surface area contributed by atoms with E-state index in [0.29, 0.717) is 5.75 Å². The lowest BCUT2D eigenvalue weighted by Crippen LogP contribution is -2.01. The van der Waals surface area contributed by atoms with Crippen LogP contribution in [0.25, 0.3) is 0 Å². The molecule has 1 aromatic heterocycles. The van der Waals surface area contributed by atoms with E-state index in [1.165, 1.54) is 19.2 Å². The molecular formula is C9H7BrN2O3S2. The monoisotopic (exact) mass is 334 g/mol. The number of hydrogen-bond acceptors (Lipinski definition) is 6. The normalized spacial score (nSPS) is 11.4. The quantitative estimate of drug-likeness (QED) is 0.860. The third-order valence-corrected chi connectivity index (χ3v) is 5.41. The Labute approximate surface area is 111 Å². The van der Waals surface area contributed by atoms with Crippen LogP contribution in [0.1, 0.15) is 0 Å². The summed E-state index contributed by atoms with van der Waals surface area (Å²) >= 11 is 3.86. The third-order valence-electron chi connectivity index (χ3n) is 1.98. The highest BCUT2D eigenvalue weighted by molar-refractivity contribution is 9.10. The van der Waals surface area contributed by atoms with Crippen molar-refractivity contribution in [3.05, 3.63) is 29.0 Å². The van der Waals surface area contributed by atoms with E-state index < -0.39 is 9.84 Å². The highest BCUT2D eigenvalue weighted by atomic mass is 79.9. The molecule has 0 atom stereocenters. The molecule has 0 amide bonds. The zero-order valence-electron chi connectivity index (χ0n) is 8.62. The van der Waals surface area contributed by atoms with Gasteiger partial charge in [0.25, 0.3) is 0 Å². The van der Waals surface area contributed by atoms with Crippen LogP contribution in [0, 0.1) is 0 Å². The molecule has 0 radical (unpaired) electrons. The summed E-state index contributed by atoms with van der Waals surface area (Å²) in [4.78, 5) is 3.97. The van der Waals surface area contributed by atoms with E-state index in [4.69, 9.17) is 4.74 Å². The molecule has 0 spiro atoms. The molecule has 1 heterocycles. The topological polar surface area (TPSA) is 69.2 Å². The van der Waals surface area contributed by atoms with Crippen molar-refractivity contribution in [3.8, 4) is 5.75 Å². The maximum atomic E-state index is 12.1. The van der Waals surface area contributed by atoms with Crippen LogP contribution in [0.3, 0.4) is 0 Å². The number of sulfone groups is 1. The molecule has 1 aromatic carbocycles. The molecular weight excluding hydrogens is 328 g/mol. The SMILES string of the molecule is COc1ccc(S(=O)(=O)c2nc(Br)ns2)cc1. The first-order chi connectivity index (χ1) is 8.04. The predicted octanol–water partition coefficient (Wildman–Crippen LogP) is 2.14. The van der Waals surface area contributed by atoms with Crippen LogP contribution in [0.15, 0.2) is 38.2 Å². The fourth-order valence-corrected chi connectivity index (χ4v) is 3.80. The minimum atomic E-state index is -3.58. The van der Waals surface area contributed by atoms with E-state index in [1.807, 2.05) is 0 Å². The van der Waals surface area contributed by atoms with Gasteiger partial charge in [-0.05, 0) is 51.7 Å². The molecule has 2 rings (SSSR count). The first-order valence-electron chi connectivity index (χ1n) is 4.42. The van der Waals surface area contributed by atoms with Crippen LogP contribution in [-0.2, 0) is 9.84 Å². The van der Waals surface area contributed by atoms with Crippen LogP contribution in [0.5, 0.6) is 5.75 Å². The van der Waals surface area contributed by atoms with E-state index in [-0.39, 0.29) is 14.0 Å². The van der Waals surface area contributed by atoms with Gasteiger partial charge in [-0.15, -0.1) is 0 Å². The first kappa shape index (κ1) is 12.5. The molecule has 0 unspecified atom stereocenters. The lowest BCUT2D eigenvalue weighted by molar-refractivity contribution is 0.414. The van der Waals surface area contributed by atoms with Gasteiger partial charge in [0.15, 0.2) is 0 Å². The molecule has 0 aliphatic heterocycles. The summed E-state index contributed by atoms with van der Waals surface area (Å²) in [7, 11) is -2.06. The average molecular weight is 335 g/mol. The molecule has 90 valence electrons. The first-order valence-corrected chi connectivity index (χ1v) is 7.47. The molecule has 2 aromatic rings. The molecule has 0 saturated carbocycles.